The number of hydrogen-bond acceptors (Lipinski definition) is 5. The van der Waals surface area contributed by atoms with E-state index in [1.54, 1.807) is 26.0 Å². The van der Waals surface area contributed by atoms with Crippen molar-refractivity contribution in [1.29, 1.82) is 0 Å². The smallest absolute Gasteiger partial charge is 0.255 e. The van der Waals surface area contributed by atoms with Crippen LogP contribution in [0.3, 0.4) is 0 Å². The summed E-state index contributed by atoms with van der Waals surface area (Å²) in [5.74, 6) is 0.262. The first-order valence-electron chi connectivity index (χ1n) is 8.54. The fourth-order valence-electron chi connectivity index (χ4n) is 2.52. The molecule has 0 spiro atoms. The van der Waals surface area contributed by atoms with Crippen LogP contribution in [0.2, 0.25) is 0 Å². The summed E-state index contributed by atoms with van der Waals surface area (Å²) in [6.07, 6.45) is 0. The number of methoxy groups -OCH3 is 1. The molecular formula is C19H24N2O5S. The number of sulfonamides is 1. The lowest BCUT2D eigenvalue weighted by Gasteiger charge is -2.14. The van der Waals surface area contributed by atoms with Crippen molar-refractivity contribution in [3.05, 3.63) is 47.5 Å². The van der Waals surface area contributed by atoms with Crippen LogP contribution in [0.15, 0.2) is 41.3 Å². The van der Waals surface area contributed by atoms with Crippen LogP contribution in [0, 0.1) is 6.92 Å². The molecule has 2 aromatic rings. The van der Waals surface area contributed by atoms with Gasteiger partial charge in [0.25, 0.3) is 5.91 Å². The highest BCUT2D eigenvalue weighted by Crippen LogP contribution is 2.28. The van der Waals surface area contributed by atoms with Crippen molar-refractivity contribution in [1.82, 2.24) is 4.72 Å². The van der Waals surface area contributed by atoms with Crippen LogP contribution in [0.1, 0.15) is 29.8 Å². The molecule has 0 aliphatic heterocycles. The highest BCUT2D eigenvalue weighted by atomic mass is 32.2. The van der Waals surface area contributed by atoms with Crippen LogP contribution < -0.4 is 19.5 Å². The van der Waals surface area contributed by atoms with Gasteiger partial charge in [0.15, 0.2) is 0 Å². The summed E-state index contributed by atoms with van der Waals surface area (Å²) in [6, 6.07) is 9.71. The average molecular weight is 392 g/mol. The second-order valence-electron chi connectivity index (χ2n) is 5.75. The lowest BCUT2D eigenvalue weighted by molar-refractivity contribution is 0.102. The number of hydrogen-bond donors (Lipinski definition) is 2. The van der Waals surface area contributed by atoms with Gasteiger partial charge < -0.3 is 14.8 Å². The molecule has 0 bridgehead atoms. The van der Waals surface area contributed by atoms with Crippen molar-refractivity contribution in [2.24, 2.45) is 0 Å². The molecule has 7 nitrogen and oxygen atoms in total. The van der Waals surface area contributed by atoms with Crippen LogP contribution in [-0.4, -0.2) is 34.6 Å². The molecule has 0 saturated carbocycles. The Balaban J connectivity index is 2.41. The molecule has 0 aromatic heterocycles. The lowest BCUT2D eigenvalue weighted by Crippen LogP contribution is -2.24. The fraction of sp³-hybridized carbons (Fsp3) is 0.316. The van der Waals surface area contributed by atoms with Gasteiger partial charge in [-0.25, -0.2) is 13.1 Å². The molecule has 0 fully saturated rings. The maximum atomic E-state index is 12.7. The molecule has 0 aliphatic rings. The quantitative estimate of drug-likeness (QED) is 0.720. The van der Waals surface area contributed by atoms with Crippen LogP contribution in [0.25, 0.3) is 0 Å². The fourth-order valence-corrected chi connectivity index (χ4v) is 3.73. The van der Waals surface area contributed by atoms with Crippen LogP contribution in [-0.2, 0) is 10.0 Å². The number of ether oxygens (including phenoxy) is 2. The van der Waals surface area contributed by atoms with Gasteiger partial charge in [0.05, 0.1) is 19.4 Å². The predicted octanol–water partition coefficient (Wildman–Crippen LogP) is 2.95. The summed E-state index contributed by atoms with van der Waals surface area (Å²) in [7, 11) is -2.28. The van der Waals surface area contributed by atoms with Gasteiger partial charge in [0.2, 0.25) is 10.0 Å². The topological polar surface area (TPSA) is 93.7 Å². The van der Waals surface area contributed by atoms with E-state index in [2.05, 4.69) is 10.0 Å². The summed E-state index contributed by atoms with van der Waals surface area (Å²) in [4.78, 5) is 12.6. The lowest BCUT2D eigenvalue weighted by atomic mass is 10.1. The zero-order valence-corrected chi connectivity index (χ0v) is 16.6. The number of anilines is 1. The molecule has 0 aliphatic carbocycles. The van der Waals surface area contributed by atoms with E-state index >= 15 is 0 Å². The molecular weight excluding hydrogens is 368 g/mol. The molecule has 8 heteroatoms. The predicted molar refractivity (Wildman–Crippen MR) is 104 cm³/mol. The van der Waals surface area contributed by atoms with Crippen molar-refractivity contribution < 1.29 is 22.7 Å². The van der Waals surface area contributed by atoms with Gasteiger partial charge >= 0.3 is 0 Å². The Kier molecular flexibility index (Phi) is 6.81. The molecule has 2 rings (SSSR count). The van der Waals surface area contributed by atoms with Gasteiger partial charge in [-0.15, -0.1) is 0 Å². The Morgan fingerprint density at radius 1 is 1.07 bits per heavy atom. The Labute approximate surface area is 159 Å². The van der Waals surface area contributed by atoms with E-state index in [1.807, 2.05) is 13.0 Å². The van der Waals surface area contributed by atoms with E-state index in [0.717, 1.165) is 5.56 Å². The van der Waals surface area contributed by atoms with Crippen LogP contribution >= 0.6 is 0 Å². The minimum absolute atomic E-state index is 0.0740. The van der Waals surface area contributed by atoms with Gasteiger partial charge in [-0.2, -0.15) is 0 Å². The number of rotatable bonds is 8. The van der Waals surface area contributed by atoms with E-state index in [-0.39, 0.29) is 22.8 Å². The van der Waals surface area contributed by atoms with E-state index in [9.17, 15) is 13.2 Å². The maximum Gasteiger partial charge on any atom is 0.255 e. The number of carbonyl (C=O) groups is 1. The summed E-state index contributed by atoms with van der Waals surface area (Å²) in [5.41, 5.74) is 1.65. The summed E-state index contributed by atoms with van der Waals surface area (Å²) >= 11 is 0. The molecule has 0 unspecified atom stereocenters. The minimum atomic E-state index is -3.79. The Morgan fingerprint density at radius 2 is 1.78 bits per heavy atom. The minimum Gasteiger partial charge on any atom is -0.495 e. The second kappa shape index (κ2) is 8.88. The first-order valence-corrected chi connectivity index (χ1v) is 10.0. The number of aryl methyl sites for hydroxylation is 1. The van der Waals surface area contributed by atoms with Crippen molar-refractivity contribution in [3.63, 3.8) is 0 Å². The van der Waals surface area contributed by atoms with Crippen LogP contribution in [0.4, 0.5) is 5.69 Å². The Morgan fingerprint density at radius 3 is 2.41 bits per heavy atom. The largest absolute Gasteiger partial charge is 0.495 e. The number of benzene rings is 2. The standard InChI is InChI=1S/C19H24N2O5S/c1-5-20-27(23,24)18-12-14(8-10-17(18)26-6-2)19(22)21-15-11-13(3)7-9-16(15)25-4/h7-12,20H,5-6H2,1-4H3,(H,21,22). The van der Waals surface area contributed by atoms with Gasteiger partial charge in [0, 0.05) is 12.1 Å². The molecule has 0 radical (unpaired) electrons. The van der Waals surface area contributed by atoms with Crippen molar-refractivity contribution in [2.75, 3.05) is 25.6 Å². The molecule has 0 saturated heterocycles. The zero-order valence-electron chi connectivity index (χ0n) is 15.8. The Bertz CT molecular complexity index is 926. The molecule has 0 atom stereocenters. The summed E-state index contributed by atoms with van der Waals surface area (Å²) in [5, 5.41) is 2.76. The zero-order chi connectivity index (χ0) is 20.0. The van der Waals surface area contributed by atoms with Crippen LogP contribution in [0.5, 0.6) is 11.5 Å². The highest BCUT2D eigenvalue weighted by Gasteiger charge is 2.21. The molecule has 0 heterocycles. The highest BCUT2D eigenvalue weighted by molar-refractivity contribution is 7.89. The van der Waals surface area contributed by atoms with Gasteiger partial charge in [-0.1, -0.05) is 13.0 Å². The van der Waals surface area contributed by atoms with E-state index in [1.165, 1.54) is 25.3 Å². The van der Waals surface area contributed by atoms with Crippen molar-refractivity contribution >= 4 is 21.6 Å². The average Bonchev–Trinajstić information content (AvgIpc) is 2.62. The molecule has 146 valence electrons. The summed E-state index contributed by atoms with van der Waals surface area (Å²) in [6.45, 7) is 5.87. The number of nitrogens with one attached hydrogen (secondary N) is 2. The van der Waals surface area contributed by atoms with Gasteiger partial charge in [-0.3, -0.25) is 4.79 Å². The maximum absolute atomic E-state index is 12.7. The second-order valence-corrected chi connectivity index (χ2v) is 7.49. The molecule has 2 aromatic carbocycles. The van der Waals surface area contributed by atoms with E-state index in [4.69, 9.17) is 9.47 Å². The summed E-state index contributed by atoms with van der Waals surface area (Å²) < 4.78 is 38.0. The SMILES string of the molecule is CCNS(=O)(=O)c1cc(C(=O)Nc2cc(C)ccc2OC)ccc1OCC. The third-order valence-corrected chi connectivity index (χ3v) is 5.30. The van der Waals surface area contributed by atoms with Crippen molar-refractivity contribution in [3.8, 4) is 11.5 Å². The number of carbonyl (C=O) groups excluding carboxylic acids is 1. The number of amides is 1. The van der Waals surface area contributed by atoms with E-state index < -0.39 is 15.9 Å². The molecule has 27 heavy (non-hydrogen) atoms. The van der Waals surface area contributed by atoms with Gasteiger partial charge in [0.1, 0.15) is 16.4 Å². The molecule has 1 amide bonds. The monoisotopic (exact) mass is 392 g/mol. The third-order valence-electron chi connectivity index (χ3n) is 3.73. The van der Waals surface area contributed by atoms with Crippen molar-refractivity contribution in [2.45, 2.75) is 25.7 Å². The first-order chi connectivity index (χ1) is 12.8. The normalized spacial score (nSPS) is 11.1. The first kappa shape index (κ1) is 20.7. The van der Waals surface area contributed by atoms with Gasteiger partial charge in [-0.05, 0) is 49.7 Å². The third kappa shape index (κ3) is 4.99. The van der Waals surface area contributed by atoms with E-state index in [0.29, 0.717) is 18.0 Å². The molecule has 2 N–H and O–H groups in total. The Hall–Kier alpha value is -2.58.